The van der Waals surface area contributed by atoms with E-state index < -0.39 is 0 Å². The molecular formula is C27H23FN4O2. The minimum absolute atomic E-state index is 0.0920. The maximum Gasteiger partial charge on any atom is 0.250 e. The summed E-state index contributed by atoms with van der Waals surface area (Å²) in [6.45, 7) is 2.31. The number of rotatable bonds is 5. The van der Waals surface area contributed by atoms with Crippen LogP contribution in [0.15, 0.2) is 77.9 Å². The van der Waals surface area contributed by atoms with Gasteiger partial charge in [0, 0.05) is 43.5 Å². The molecule has 0 spiro atoms. The predicted octanol–water partition coefficient (Wildman–Crippen LogP) is 5.03. The van der Waals surface area contributed by atoms with Crippen molar-refractivity contribution in [3.05, 3.63) is 100 Å². The minimum atomic E-state index is -0.267. The molecule has 0 saturated heterocycles. The van der Waals surface area contributed by atoms with Gasteiger partial charge in [-0.3, -0.25) is 9.48 Å². The van der Waals surface area contributed by atoms with Crippen LogP contribution < -0.4 is 10.3 Å². The lowest BCUT2D eigenvalue weighted by molar-refractivity contribution is 0.292. The summed E-state index contributed by atoms with van der Waals surface area (Å²) in [6, 6.07) is 18.0. The zero-order chi connectivity index (χ0) is 23.8. The number of benzene rings is 2. The zero-order valence-electron chi connectivity index (χ0n) is 19.1. The van der Waals surface area contributed by atoms with Gasteiger partial charge in [-0.05, 0) is 53.9 Å². The smallest absolute Gasteiger partial charge is 0.250 e. The quantitative estimate of drug-likeness (QED) is 0.374. The molecule has 0 atom stereocenters. The molecule has 3 heterocycles. The third-order valence-electron chi connectivity index (χ3n) is 5.78. The third kappa shape index (κ3) is 4.20. The van der Waals surface area contributed by atoms with Gasteiger partial charge in [-0.15, -0.1) is 5.10 Å². The Kier molecular flexibility index (Phi) is 5.45. The molecule has 0 bridgehead atoms. The highest BCUT2D eigenvalue weighted by atomic mass is 19.1. The highest BCUT2D eigenvalue weighted by Crippen LogP contribution is 2.29. The first-order valence-electron chi connectivity index (χ1n) is 10.9. The first kappa shape index (κ1) is 21.6. The van der Waals surface area contributed by atoms with Gasteiger partial charge in [0.15, 0.2) is 0 Å². The highest BCUT2D eigenvalue weighted by molar-refractivity contribution is 5.83. The fourth-order valence-corrected chi connectivity index (χ4v) is 3.94. The summed E-state index contributed by atoms with van der Waals surface area (Å²) in [5, 5.41) is 5.20. The van der Waals surface area contributed by atoms with E-state index in [2.05, 4.69) is 5.10 Å². The number of halogens is 1. The van der Waals surface area contributed by atoms with Gasteiger partial charge in [0.1, 0.15) is 12.4 Å². The van der Waals surface area contributed by atoms with Crippen LogP contribution in [-0.2, 0) is 20.7 Å². The highest BCUT2D eigenvalue weighted by Gasteiger charge is 2.13. The lowest BCUT2D eigenvalue weighted by Crippen LogP contribution is -2.14. The van der Waals surface area contributed by atoms with E-state index in [0.717, 1.165) is 44.4 Å². The van der Waals surface area contributed by atoms with Crippen LogP contribution in [0.4, 0.5) is 4.39 Å². The van der Waals surface area contributed by atoms with Crippen LogP contribution in [0.3, 0.4) is 0 Å². The molecule has 5 rings (SSSR count). The molecule has 0 N–H and O–H groups in total. The van der Waals surface area contributed by atoms with Crippen LogP contribution in [0, 0.1) is 12.7 Å². The molecule has 0 unspecified atom stereocenters. The van der Waals surface area contributed by atoms with Crippen molar-refractivity contribution >= 4 is 10.9 Å². The van der Waals surface area contributed by atoms with Crippen molar-refractivity contribution in [2.75, 3.05) is 0 Å². The monoisotopic (exact) mass is 454 g/mol. The lowest BCUT2D eigenvalue weighted by Gasteiger charge is -2.10. The van der Waals surface area contributed by atoms with E-state index in [9.17, 15) is 9.18 Å². The van der Waals surface area contributed by atoms with Gasteiger partial charge in [-0.25, -0.2) is 9.37 Å². The summed E-state index contributed by atoms with van der Waals surface area (Å²) in [5.41, 5.74) is 6.00. The van der Waals surface area contributed by atoms with E-state index in [4.69, 9.17) is 9.72 Å². The van der Waals surface area contributed by atoms with Gasteiger partial charge in [0.05, 0.1) is 16.8 Å². The third-order valence-corrected chi connectivity index (χ3v) is 5.78. The second-order valence-corrected chi connectivity index (χ2v) is 8.36. The van der Waals surface area contributed by atoms with Crippen LogP contribution in [0.2, 0.25) is 0 Å². The van der Waals surface area contributed by atoms with Crippen molar-refractivity contribution in [2.45, 2.75) is 13.5 Å². The molecule has 0 radical (unpaired) electrons. The number of aromatic nitrogens is 4. The lowest BCUT2D eigenvalue weighted by atomic mass is 10.0. The summed E-state index contributed by atoms with van der Waals surface area (Å²) in [7, 11) is 3.53. The summed E-state index contributed by atoms with van der Waals surface area (Å²) < 4.78 is 22.7. The van der Waals surface area contributed by atoms with Crippen LogP contribution in [-0.4, -0.2) is 19.3 Å². The summed E-state index contributed by atoms with van der Waals surface area (Å²) in [4.78, 5) is 16.8. The first-order chi connectivity index (χ1) is 16.4. The Labute approximate surface area is 195 Å². The average Bonchev–Trinajstić information content (AvgIpc) is 3.20. The summed E-state index contributed by atoms with van der Waals surface area (Å²) in [6.07, 6.45) is 3.57. The van der Waals surface area contributed by atoms with E-state index in [1.54, 1.807) is 30.1 Å². The van der Waals surface area contributed by atoms with Crippen LogP contribution in [0.25, 0.3) is 33.3 Å². The summed E-state index contributed by atoms with van der Waals surface area (Å²) >= 11 is 0. The van der Waals surface area contributed by atoms with Gasteiger partial charge >= 0.3 is 0 Å². The maximum atomic E-state index is 13.5. The molecule has 34 heavy (non-hydrogen) atoms. The Bertz CT molecular complexity index is 1570. The number of nitrogens with zero attached hydrogens (tertiary/aromatic N) is 4. The predicted molar refractivity (Wildman–Crippen MR) is 130 cm³/mol. The van der Waals surface area contributed by atoms with Crippen LogP contribution in [0.5, 0.6) is 5.88 Å². The SMILES string of the molecule is Cc1cc2cc(F)ccc2nc1-c1ccc(COc2nn(C)cc2-c2ccn(C)c(=O)c2)cc1. The molecule has 0 fully saturated rings. The molecule has 0 amide bonds. The zero-order valence-corrected chi connectivity index (χ0v) is 19.1. The average molecular weight is 455 g/mol. The maximum absolute atomic E-state index is 13.5. The van der Waals surface area contributed by atoms with E-state index in [1.807, 2.05) is 56.6 Å². The van der Waals surface area contributed by atoms with Crippen molar-refractivity contribution < 1.29 is 9.13 Å². The van der Waals surface area contributed by atoms with E-state index in [-0.39, 0.29) is 11.4 Å². The number of hydrogen-bond donors (Lipinski definition) is 0. The number of aryl methyl sites for hydroxylation is 3. The Morgan fingerprint density at radius 2 is 1.76 bits per heavy atom. The number of pyridine rings is 2. The Hall–Kier alpha value is -4.26. The first-order valence-corrected chi connectivity index (χ1v) is 10.9. The molecule has 170 valence electrons. The fraction of sp³-hybridized carbons (Fsp3) is 0.148. The fourth-order valence-electron chi connectivity index (χ4n) is 3.94. The molecule has 3 aromatic heterocycles. The standard InChI is InChI=1S/C27H23FN4O2/c1-17-12-21-13-22(28)8-9-24(21)29-26(17)19-6-4-18(5-7-19)16-34-27-23(15-32(3)30-27)20-10-11-31(2)25(33)14-20/h4-15H,16H2,1-3H3. The number of fused-ring (bicyclic) bond motifs is 1. The van der Waals surface area contributed by atoms with Crippen molar-refractivity contribution in [3.63, 3.8) is 0 Å². The second kappa shape index (κ2) is 8.59. The molecule has 0 aliphatic heterocycles. The van der Waals surface area contributed by atoms with E-state index >= 15 is 0 Å². The van der Waals surface area contributed by atoms with Gasteiger partial charge < -0.3 is 9.30 Å². The van der Waals surface area contributed by atoms with E-state index in [0.29, 0.717) is 12.5 Å². The molecule has 5 aromatic rings. The molecule has 0 aliphatic rings. The second-order valence-electron chi connectivity index (χ2n) is 8.36. The van der Waals surface area contributed by atoms with Gasteiger partial charge in [0.2, 0.25) is 5.88 Å². The molecule has 0 aliphatic carbocycles. The van der Waals surface area contributed by atoms with Gasteiger partial charge in [-0.2, -0.15) is 0 Å². The largest absolute Gasteiger partial charge is 0.471 e. The summed E-state index contributed by atoms with van der Waals surface area (Å²) in [5.74, 6) is 0.204. The van der Waals surface area contributed by atoms with Crippen LogP contribution >= 0.6 is 0 Å². The van der Waals surface area contributed by atoms with Crippen molar-refractivity contribution in [2.24, 2.45) is 14.1 Å². The van der Waals surface area contributed by atoms with Crippen LogP contribution in [0.1, 0.15) is 11.1 Å². The van der Waals surface area contributed by atoms with Gasteiger partial charge in [0.25, 0.3) is 5.56 Å². The molecule has 7 heteroatoms. The minimum Gasteiger partial charge on any atom is -0.471 e. The Morgan fingerprint density at radius 3 is 2.53 bits per heavy atom. The molecule has 0 saturated carbocycles. The normalized spacial score (nSPS) is 11.2. The van der Waals surface area contributed by atoms with Gasteiger partial charge in [-0.1, -0.05) is 24.3 Å². The topological polar surface area (TPSA) is 61.9 Å². The van der Waals surface area contributed by atoms with Crippen molar-refractivity contribution in [1.82, 2.24) is 19.3 Å². The van der Waals surface area contributed by atoms with E-state index in [1.165, 1.54) is 16.7 Å². The Balaban J connectivity index is 1.36. The van der Waals surface area contributed by atoms with Crippen molar-refractivity contribution in [1.29, 1.82) is 0 Å². The Morgan fingerprint density at radius 1 is 0.971 bits per heavy atom. The molecule has 2 aromatic carbocycles. The van der Waals surface area contributed by atoms with Crippen molar-refractivity contribution in [3.8, 4) is 28.3 Å². The molecular weight excluding hydrogens is 431 g/mol. The number of hydrogen-bond acceptors (Lipinski definition) is 4. The molecule has 6 nitrogen and oxygen atoms in total. The number of ether oxygens (including phenoxy) is 1.